The summed E-state index contributed by atoms with van der Waals surface area (Å²) in [5.41, 5.74) is 4.50. The van der Waals surface area contributed by atoms with Gasteiger partial charge in [0.1, 0.15) is 5.72 Å². The summed E-state index contributed by atoms with van der Waals surface area (Å²) in [6, 6.07) is 0. The fourth-order valence-corrected chi connectivity index (χ4v) is 0.774. The Labute approximate surface area is 74.9 Å². The molecule has 0 saturated heterocycles. The maximum Gasteiger partial charge on any atom is 0.116 e. The van der Waals surface area contributed by atoms with Gasteiger partial charge in [-0.1, -0.05) is 13.8 Å². The van der Waals surface area contributed by atoms with E-state index in [0.29, 0.717) is 0 Å². The lowest BCUT2D eigenvalue weighted by atomic mass is 10.1. The summed E-state index contributed by atoms with van der Waals surface area (Å²) in [6.45, 7) is 7.66. The lowest BCUT2D eigenvalue weighted by Gasteiger charge is -2.30. The quantitative estimate of drug-likeness (QED) is 0.618. The van der Waals surface area contributed by atoms with E-state index in [2.05, 4.69) is 0 Å². The SMILES string of the molecule is CCC(N)(CC)OCC(C)(C)O. The summed E-state index contributed by atoms with van der Waals surface area (Å²) in [5.74, 6) is 0. The third-order valence-corrected chi connectivity index (χ3v) is 1.91. The van der Waals surface area contributed by atoms with Crippen molar-refractivity contribution in [1.82, 2.24) is 0 Å². The lowest BCUT2D eigenvalue weighted by Crippen LogP contribution is -2.45. The highest BCUT2D eigenvalue weighted by atomic mass is 16.5. The van der Waals surface area contributed by atoms with Crippen LogP contribution in [0.4, 0.5) is 0 Å². The van der Waals surface area contributed by atoms with E-state index in [1.807, 2.05) is 13.8 Å². The molecular weight excluding hydrogens is 154 g/mol. The van der Waals surface area contributed by atoms with Gasteiger partial charge >= 0.3 is 0 Å². The molecular formula is C9H21NO2. The average molecular weight is 175 g/mol. The molecule has 12 heavy (non-hydrogen) atoms. The Kier molecular flexibility index (Phi) is 4.17. The van der Waals surface area contributed by atoms with E-state index < -0.39 is 11.3 Å². The molecule has 0 fully saturated rings. The molecule has 0 aliphatic rings. The van der Waals surface area contributed by atoms with E-state index in [1.165, 1.54) is 0 Å². The highest BCUT2D eigenvalue weighted by Gasteiger charge is 2.24. The molecule has 0 aromatic heterocycles. The number of ether oxygens (including phenoxy) is 1. The summed E-state index contributed by atoms with van der Waals surface area (Å²) >= 11 is 0. The smallest absolute Gasteiger partial charge is 0.116 e. The number of rotatable bonds is 5. The molecule has 0 bridgehead atoms. The van der Waals surface area contributed by atoms with Crippen LogP contribution in [0, 0.1) is 0 Å². The van der Waals surface area contributed by atoms with E-state index in [9.17, 15) is 5.11 Å². The molecule has 74 valence electrons. The van der Waals surface area contributed by atoms with Gasteiger partial charge in [0.2, 0.25) is 0 Å². The summed E-state index contributed by atoms with van der Waals surface area (Å²) in [7, 11) is 0. The third kappa shape index (κ3) is 4.70. The van der Waals surface area contributed by atoms with E-state index >= 15 is 0 Å². The van der Waals surface area contributed by atoms with Gasteiger partial charge in [-0.15, -0.1) is 0 Å². The van der Waals surface area contributed by atoms with Gasteiger partial charge in [-0.2, -0.15) is 0 Å². The van der Waals surface area contributed by atoms with Crippen molar-refractivity contribution in [3.63, 3.8) is 0 Å². The van der Waals surface area contributed by atoms with Gasteiger partial charge in [-0.3, -0.25) is 0 Å². The molecule has 0 atom stereocenters. The first-order valence-corrected chi connectivity index (χ1v) is 4.48. The summed E-state index contributed by atoms with van der Waals surface area (Å²) in [4.78, 5) is 0. The molecule has 3 N–H and O–H groups in total. The van der Waals surface area contributed by atoms with Gasteiger partial charge < -0.3 is 15.6 Å². The fourth-order valence-electron chi connectivity index (χ4n) is 0.774. The molecule has 3 heteroatoms. The van der Waals surface area contributed by atoms with Crippen LogP contribution < -0.4 is 5.73 Å². The van der Waals surface area contributed by atoms with Crippen LogP contribution in [0.1, 0.15) is 40.5 Å². The van der Waals surface area contributed by atoms with Crippen molar-refractivity contribution in [2.75, 3.05) is 6.61 Å². The van der Waals surface area contributed by atoms with Gasteiger partial charge in [-0.05, 0) is 26.7 Å². The van der Waals surface area contributed by atoms with Gasteiger partial charge in [0, 0.05) is 0 Å². The minimum Gasteiger partial charge on any atom is -0.388 e. The Balaban J connectivity index is 3.89. The van der Waals surface area contributed by atoms with Crippen molar-refractivity contribution in [1.29, 1.82) is 0 Å². The van der Waals surface area contributed by atoms with E-state index in [1.54, 1.807) is 13.8 Å². The van der Waals surface area contributed by atoms with Gasteiger partial charge in [-0.25, -0.2) is 0 Å². The number of aliphatic hydroxyl groups is 1. The molecule has 0 rings (SSSR count). The number of hydrogen-bond acceptors (Lipinski definition) is 3. The van der Waals surface area contributed by atoms with Crippen molar-refractivity contribution in [2.24, 2.45) is 5.73 Å². The van der Waals surface area contributed by atoms with E-state index in [-0.39, 0.29) is 6.61 Å². The number of nitrogens with two attached hydrogens (primary N) is 1. The Bertz CT molecular complexity index is 125. The van der Waals surface area contributed by atoms with Gasteiger partial charge in [0.25, 0.3) is 0 Å². The van der Waals surface area contributed by atoms with Crippen LogP contribution in [-0.4, -0.2) is 23.0 Å². The second-order valence-electron chi connectivity index (χ2n) is 3.87. The molecule has 0 aromatic rings. The first kappa shape index (κ1) is 11.9. The number of hydrogen-bond donors (Lipinski definition) is 2. The second kappa shape index (κ2) is 4.21. The monoisotopic (exact) mass is 175 g/mol. The maximum atomic E-state index is 9.39. The first-order chi connectivity index (χ1) is 5.33. The molecule has 3 nitrogen and oxygen atoms in total. The second-order valence-corrected chi connectivity index (χ2v) is 3.87. The fraction of sp³-hybridized carbons (Fsp3) is 1.00. The zero-order valence-corrected chi connectivity index (χ0v) is 8.55. The highest BCUT2D eigenvalue weighted by molar-refractivity contribution is 4.72. The molecule has 0 aliphatic carbocycles. The van der Waals surface area contributed by atoms with Crippen LogP contribution in [0.15, 0.2) is 0 Å². The molecule has 0 heterocycles. The van der Waals surface area contributed by atoms with Crippen LogP contribution in [-0.2, 0) is 4.74 Å². The summed E-state index contributed by atoms with van der Waals surface area (Å²) in [6.07, 6.45) is 1.53. The minimum absolute atomic E-state index is 0.283. The van der Waals surface area contributed by atoms with Crippen molar-refractivity contribution >= 4 is 0 Å². The Hall–Kier alpha value is -0.120. The van der Waals surface area contributed by atoms with Crippen LogP contribution in [0.3, 0.4) is 0 Å². The predicted molar refractivity (Wildman–Crippen MR) is 49.8 cm³/mol. The topological polar surface area (TPSA) is 55.5 Å². The molecule has 0 radical (unpaired) electrons. The van der Waals surface area contributed by atoms with E-state index in [4.69, 9.17) is 10.5 Å². The minimum atomic E-state index is -0.797. The van der Waals surface area contributed by atoms with Crippen LogP contribution >= 0.6 is 0 Å². The molecule has 0 saturated carbocycles. The molecule has 0 amide bonds. The largest absolute Gasteiger partial charge is 0.388 e. The molecule has 0 aromatic carbocycles. The van der Waals surface area contributed by atoms with Crippen LogP contribution in [0.2, 0.25) is 0 Å². The van der Waals surface area contributed by atoms with Gasteiger partial charge in [0.05, 0.1) is 12.2 Å². The molecule has 0 spiro atoms. The van der Waals surface area contributed by atoms with Crippen LogP contribution in [0.25, 0.3) is 0 Å². The third-order valence-electron chi connectivity index (χ3n) is 1.91. The highest BCUT2D eigenvalue weighted by Crippen LogP contribution is 2.15. The van der Waals surface area contributed by atoms with Crippen molar-refractivity contribution in [3.8, 4) is 0 Å². The standard InChI is InChI=1S/C9H21NO2/c1-5-9(10,6-2)12-7-8(3,4)11/h11H,5-7,10H2,1-4H3. The zero-order valence-electron chi connectivity index (χ0n) is 8.55. The Morgan fingerprint density at radius 2 is 1.67 bits per heavy atom. The van der Waals surface area contributed by atoms with Crippen molar-refractivity contribution < 1.29 is 9.84 Å². The average Bonchev–Trinajstić information content (AvgIpc) is 1.99. The normalized spacial score (nSPS) is 13.5. The van der Waals surface area contributed by atoms with Crippen molar-refractivity contribution in [2.45, 2.75) is 51.9 Å². The Morgan fingerprint density at radius 1 is 1.25 bits per heavy atom. The lowest BCUT2D eigenvalue weighted by molar-refractivity contribution is -0.108. The summed E-state index contributed by atoms with van der Waals surface area (Å²) < 4.78 is 5.42. The zero-order chi connectivity index (χ0) is 9.83. The first-order valence-electron chi connectivity index (χ1n) is 4.48. The van der Waals surface area contributed by atoms with E-state index in [0.717, 1.165) is 12.8 Å². The van der Waals surface area contributed by atoms with Gasteiger partial charge in [0.15, 0.2) is 0 Å². The van der Waals surface area contributed by atoms with Crippen LogP contribution in [0.5, 0.6) is 0 Å². The summed E-state index contributed by atoms with van der Waals surface area (Å²) in [5, 5.41) is 9.39. The Morgan fingerprint density at radius 3 is 1.92 bits per heavy atom. The molecule has 0 unspecified atom stereocenters. The maximum absolute atomic E-state index is 9.39. The molecule has 0 aliphatic heterocycles. The van der Waals surface area contributed by atoms with Crippen molar-refractivity contribution in [3.05, 3.63) is 0 Å². The predicted octanol–water partition coefficient (Wildman–Crippen LogP) is 1.25.